The molecule has 5 nitrogen and oxygen atoms in total. The van der Waals surface area contributed by atoms with Gasteiger partial charge in [0.1, 0.15) is 12.4 Å². The zero-order valence-corrected chi connectivity index (χ0v) is 15.2. The van der Waals surface area contributed by atoms with Crippen molar-refractivity contribution in [3.8, 4) is 5.75 Å². The van der Waals surface area contributed by atoms with Crippen molar-refractivity contribution in [1.82, 2.24) is 10.6 Å². The van der Waals surface area contributed by atoms with Gasteiger partial charge in [0, 0.05) is 33.4 Å². The molecular formula is C18H29F2N3O2. The molecule has 1 aromatic carbocycles. The van der Waals surface area contributed by atoms with Gasteiger partial charge in [0.2, 0.25) is 0 Å². The van der Waals surface area contributed by atoms with Crippen LogP contribution in [0.2, 0.25) is 0 Å². The van der Waals surface area contributed by atoms with Crippen LogP contribution < -0.4 is 15.4 Å². The predicted molar refractivity (Wildman–Crippen MR) is 96.4 cm³/mol. The van der Waals surface area contributed by atoms with Crippen LogP contribution in [0.15, 0.2) is 29.3 Å². The van der Waals surface area contributed by atoms with E-state index in [1.54, 1.807) is 25.2 Å². The maximum atomic E-state index is 12.2. The summed E-state index contributed by atoms with van der Waals surface area (Å²) in [5.41, 5.74) is 0.926. The summed E-state index contributed by atoms with van der Waals surface area (Å²) in [5, 5.41) is 6.39. The normalized spacial score (nSPS) is 11.9. The van der Waals surface area contributed by atoms with E-state index in [1.165, 1.54) is 0 Å². The Labute approximate surface area is 148 Å². The number of alkyl halides is 2. The van der Waals surface area contributed by atoms with Gasteiger partial charge in [-0.3, -0.25) is 4.99 Å². The van der Waals surface area contributed by atoms with Gasteiger partial charge >= 0.3 is 0 Å². The summed E-state index contributed by atoms with van der Waals surface area (Å²) in [6.45, 7) is 6.42. The molecule has 0 heterocycles. The fourth-order valence-electron chi connectivity index (χ4n) is 2.01. The van der Waals surface area contributed by atoms with Crippen LogP contribution in [0, 0.1) is 5.92 Å². The van der Waals surface area contributed by atoms with Gasteiger partial charge in [-0.05, 0) is 30.0 Å². The molecule has 0 spiro atoms. The van der Waals surface area contributed by atoms with Crippen LogP contribution in [-0.2, 0) is 11.3 Å². The molecule has 0 unspecified atom stereocenters. The first-order valence-electron chi connectivity index (χ1n) is 8.53. The average Bonchev–Trinajstić information content (AvgIpc) is 2.58. The maximum absolute atomic E-state index is 12.2. The predicted octanol–water partition coefficient (Wildman–Crippen LogP) is 3.06. The van der Waals surface area contributed by atoms with Gasteiger partial charge in [0.25, 0.3) is 6.43 Å². The van der Waals surface area contributed by atoms with E-state index in [0.29, 0.717) is 30.8 Å². The van der Waals surface area contributed by atoms with Crippen LogP contribution in [0.25, 0.3) is 0 Å². The molecule has 2 N–H and O–H groups in total. The number of rotatable bonds is 11. The van der Waals surface area contributed by atoms with Crippen LogP contribution in [0.1, 0.15) is 25.8 Å². The minimum absolute atomic E-state index is 0.435. The summed E-state index contributed by atoms with van der Waals surface area (Å²) >= 11 is 0. The van der Waals surface area contributed by atoms with Gasteiger partial charge < -0.3 is 20.1 Å². The highest BCUT2D eigenvalue weighted by Crippen LogP contribution is 2.14. The van der Waals surface area contributed by atoms with Crippen molar-refractivity contribution in [1.29, 1.82) is 0 Å². The molecule has 25 heavy (non-hydrogen) atoms. The molecule has 0 aliphatic heterocycles. The highest BCUT2D eigenvalue weighted by atomic mass is 19.3. The van der Waals surface area contributed by atoms with E-state index in [4.69, 9.17) is 9.47 Å². The molecule has 0 fully saturated rings. The number of halogens is 2. The Balaban J connectivity index is 2.29. The topological polar surface area (TPSA) is 54.9 Å². The summed E-state index contributed by atoms with van der Waals surface area (Å²) in [5.74, 6) is 1.66. The highest BCUT2D eigenvalue weighted by Gasteiger charge is 2.04. The number of hydrogen-bond acceptors (Lipinski definition) is 3. The van der Waals surface area contributed by atoms with Gasteiger partial charge in [-0.15, -0.1) is 0 Å². The number of benzene rings is 1. The molecular weight excluding hydrogens is 328 g/mol. The molecule has 0 saturated carbocycles. The van der Waals surface area contributed by atoms with Crippen molar-refractivity contribution < 1.29 is 18.3 Å². The van der Waals surface area contributed by atoms with Crippen LogP contribution in [-0.4, -0.2) is 45.8 Å². The molecule has 0 aliphatic rings. The molecule has 0 aliphatic carbocycles. The Bertz CT molecular complexity index is 511. The maximum Gasteiger partial charge on any atom is 0.272 e. The number of hydrogen-bond donors (Lipinski definition) is 2. The van der Waals surface area contributed by atoms with Crippen LogP contribution in [0.4, 0.5) is 8.78 Å². The minimum Gasteiger partial charge on any atom is -0.488 e. The quantitative estimate of drug-likeness (QED) is 0.363. The summed E-state index contributed by atoms with van der Waals surface area (Å²) in [6.07, 6.45) is -1.58. The lowest BCUT2D eigenvalue weighted by Crippen LogP contribution is -2.37. The van der Waals surface area contributed by atoms with Crippen molar-refractivity contribution in [3.05, 3.63) is 29.8 Å². The summed E-state index contributed by atoms with van der Waals surface area (Å²) in [6, 6.07) is 7.08. The van der Waals surface area contributed by atoms with E-state index in [9.17, 15) is 8.78 Å². The third-order valence-corrected chi connectivity index (χ3v) is 3.17. The minimum atomic E-state index is -2.48. The summed E-state index contributed by atoms with van der Waals surface area (Å²) in [4.78, 5) is 4.15. The number of ether oxygens (including phenoxy) is 2. The number of aliphatic imine (C=N–C) groups is 1. The molecule has 7 heteroatoms. The first-order chi connectivity index (χ1) is 12.0. The molecule has 1 aromatic rings. The lowest BCUT2D eigenvalue weighted by atomic mass is 10.2. The first kappa shape index (κ1) is 21.2. The second kappa shape index (κ2) is 12.5. The molecule has 0 atom stereocenters. The molecule has 0 bridgehead atoms. The van der Waals surface area contributed by atoms with E-state index < -0.39 is 13.0 Å². The first-order valence-corrected chi connectivity index (χ1v) is 8.53. The molecule has 142 valence electrons. The monoisotopic (exact) mass is 357 g/mol. The third-order valence-electron chi connectivity index (χ3n) is 3.17. The summed E-state index contributed by atoms with van der Waals surface area (Å²) in [7, 11) is 1.70. The van der Waals surface area contributed by atoms with Gasteiger partial charge in [0.05, 0.1) is 0 Å². The molecule has 0 radical (unpaired) electrons. The van der Waals surface area contributed by atoms with Gasteiger partial charge in [-0.25, -0.2) is 8.78 Å². The lowest BCUT2D eigenvalue weighted by Gasteiger charge is -2.13. The van der Waals surface area contributed by atoms with Gasteiger partial charge in [-0.2, -0.15) is 0 Å². The second-order valence-corrected chi connectivity index (χ2v) is 6.02. The largest absolute Gasteiger partial charge is 0.488 e. The third kappa shape index (κ3) is 10.6. The molecule has 0 saturated heterocycles. The summed E-state index contributed by atoms with van der Waals surface area (Å²) < 4.78 is 34.9. The fourth-order valence-corrected chi connectivity index (χ4v) is 2.01. The Hall–Kier alpha value is -1.89. The van der Waals surface area contributed by atoms with E-state index in [2.05, 4.69) is 29.5 Å². The van der Waals surface area contributed by atoms with Gasteiger partial charge in [0.15, 0.2) is 5.96 Å². The standard InChI is InChI=1S/C18H29F2N3O2/c1-14(2)12-24-9-5-8-22-18(21-3)23-11-15-6-4-7-16(10-15)25-13-17(19)20/h4,6-7,10,14,17H,5,8-9,11-13H2,1-3H3,(H2,21,22,23). The average molecular weight is 357 g/mol. The Morgan fingerprint density at radius 1 is 1.20 bits per heavy atom. The van der Waals surface area contributed by atoms with Crippen molar-refractivity contribution in [2.24, 2.45) is 10.9 Å². The van der Waals surface area contributed by atoms with Crippen LogP contribution >= 0.6 is 0 Å². The smallest absolute Gasteiger partial charge is 0.272 e. The van der Waals surface area contributed by atoms with Crippen molar-refractivity contribution in [2.45, 2.75) is 33.2 Å². The van der Waals surface area contributed by atoms with Gasteiger partial charge in [-0.1, -0.05) is 26.0 Å². The van der Waals surface area contributed by atoms with Crippen LogP contribution in [0.5, 0.6) is 5.75 Å². The van der Waals surface area contributed by atoms with E-state index in [0.717, 1.165) is 25.1 Å². The van der Waals surface area contributed by atoms with E-state index >= 15 is 0 Å². The Morgan fingerprint density at radius 3 is 2.68 bits per heavy atom. The van der Waals surface area contributed by atoms with Crippen molar-refractivity contribution in [3.63, 3.8) is 0 Å². The van der Waals surface area contributed by atoms with Crippen molar-refractivity contribution >= 4 is 5.96 Å². The highest BCUT2D eigenvalue weighted by molar-refractivity contribution is 5.79. The molecule has 0 amide bonds. The second-order valence-electron chi connectivity index (χ2n) is 6.02. The lowest BCUT2D eigenvalue weighted by molar-refractivity contribution is 0.0818. The number of nitrogens with zero attached hydrogens (tertiary/aromatic N) is 1. The number of nitrogens with one attached hydrogen (secondary N) is 2. The molecule has 1 rings (SSSR count). The SMILES string of the molecule is CN=C(NCCCOCC(C)C)NCc1cccc(OCC(F)F)c1. The van der Waals surface area contributed by atoms with E-state index in [-0.39, 0.29) is 0 Å². The fraction of sp³-hybridized carbons (Fsp3) is 0.611. The Morgan fingerprint density at radius 2 is 2.00 bits per heavy atom. The van der Waals surface area contributed by atoms with Crippen LogP contribution in [0.3, 0.4) is 0 Å². The molecule has 0 aromatic heterocycles. The van der Waals surface area contributed by atoms with E-state index in [1.807, 2.05) is 6.07 Å². The van der Waals surface area contributed by atoms with Crippen molar-refractivity contribution in [2.75, 3.05) is 33.4 Å². The number of guanidine groups is 1. The zero-order valence-electron chi connectivity index (χ0n) is 15.2. The zero-order chi connectivity index (χ0) is 18.5. The Kier molecular flexibility index (Phi) is 10.6.